The van der Waals surface area contributed by atoms with Crippen LogP contribution in [0, 0.1) is 13.8 Å². The third-order valence-corrected chi connectivity index (χ3v) is 5.51. The van der Waals surface area contributed by atoms with Crippen LogP contribution in [0.1, 0.15) is 18.1 Å². The number of carbonyl (C=O) groups excluding carboxylic acids is 1. The van der Waals surface area contributed by atoms with E-state index in [0.29, 0.717) is 5.16 Å². The third-order valence-electron chi connectivity index (χ3n) is 4.48. The zero-order valence-electron chi connectivity index (χ0n) is 16.7. The average Bonchev–Trinajstić information content (AvgIpc) is 3.12. The molecule has 0 bridgehead atoms. The van der Waals surface area contributed by atoms with E-state index in [1.54, 1.807) is 4.68 Å². The summed E-state index contributed by atoms with van der Waals surface area (Å²) in [5, 5.41) is 15.1. The van der Waals surface area contributed by atoms with Crippen LogP contribution >= 0.6 is 11.8 Å². The van der Waals surface area contributed by atoms with E-state index in [4.69, 9.17) is 0 Å². The SMILES string of the molecule is Cc1ccc(-n2nnnc2SC(C)C(=O)Nc2ccc(N(C)C)cc2)cc1C. The maximum Gasteiger partial charge on any atom is 0.237 e. The lowest BCUT2D eigenvalue weighted by atomic mass is 10.1. The van der Waals surface area contributed by atoms with E-state index >= 15 is 0 Å². The molecule has 3 rings (SSSR count). The Morgan fingerprint density at radius 1 is 1.11 bits per heavy atom. The molecule has 3 aromatic rings. The summed E-state index contributed by atoms with van der Waals surface area (Å²) in [6.45, 7) is 5.95. The number of nitrogens with zero attached hydrogens (tertiary/aromatic N) is 5. The number of aryl methyl sites for hydroxylation is 2. The van der Waals surface area contributed by atoms with Crippen molar-refractivity contribution in [1.82, 2.24) is 20.2 Å². The highest BCUT2D eigenvalue weighted by atomic mass is 32.2. The van der Waals surface area contributed by atoms with Gasteiger partial charge >= 0.3 is 0 Å². The minimum Gasteiger partial charge on any atom is -0.378 e. The summed E-state index contributed by atoms with van der Waals surface area (Å²) in [5.41, 5.74) is 5.09. The van der Waals surface area contributed by atoms with E-state index in [9.17, 15) is 4.79 Å². The second kappa shape index (κ2) is 8.43. The molecule has 0 radical (unpaired) electrons. The van der Waals surface area contributed by atoms with Gasteiger partial charge in [-0.15, -0.1) is 5.10 Å². The smallest absolute Gasteiger partial charge is 0.237 e. The van der Waals surface area contributed by atoms with Crippen LogP contribution in [-0.4, -0.2) is 45.5 Å². The van der Waals surface area contributed by atoms with Crippen LogP contribution in [0.4, 0.5) is 11.4 Å². The zero-order valence-corrected chi connectivity index (χ0v) is 17.5. The lowest BCUT2D eigenvalue weighted by Gasteiger charge is -2.14. The van der Waals surface area contributed by atoms with Crippen LogP contribution in [0.2, 0.25) is 0 Å². The molecule has 8 heteroatoms. The molecule has 1 amide bonds. The fourth-order valence-corrected chi connectivity index (χ4v) is 3.38. The van der Waals surface area contributed by atoms with E-state index < -0.39 is 0 Å². The molecule has 1 N–H and O–H groups in total. The normalized spacial score (nSPS) is 11.9. The van der Waals surface area contributed by atoms with Gasteiger partial charge in [0.05, 0.1) is 10.9 Å². The lowest BCUT2D eigenvalue weighted by molar-refractivity contribution is -0.115. The molecule has 0 aliphatic carbocycles. The molecule has 0 spiro atoms. The Morgan fingerprint density at radius 3 is 2.46 bits per heavy atom. The van der Waals surface area contributed by atoms with Crippen LogP contribution in [0.5, 0.6) is 0 Å². The van der Waals surface area contributed by atoms with Crippen molar-refractivity contribution in [2.24, 2.45) is 0 Å². The van der Waals surface area contributed by atoms with E-state index in [-0.39, 0.29) is 11.2 Å². The molecule has 1 unspecified atom stereocenters. The Morgan fingerprint density at radius 2 is 1.82 bits per heavy atom. The maximum absolute atomic E-state index is 12.6. The number of thioether (sulfide) groups is 1. The Balaban J connectivity index is 1.69. The number of benzene rings is 2. The summed E-state index contributed by atoms with van der Waals surface area (Å²) >= 11 is 1.32. The van der Waals surface area contributed by atoms with Gasteiger partial charge in [-0.25, -0.2) is 0 Å². The molecule has 1 heterocycles. The predicted molar refractivity (Wildman–Crippen MR) is 113 cm³/mol. The lowest BCUT2D eigenvalue weighted by Crippen LogP contribution is -2.23. The number of anilines is 2. The number of nitrogens with one attached hydrogen (secondary N) is 1. The number of rotatable bonds is 6. The first-order chi connectivity index (χ1) is 13.3. The van der Waals surface area contributed by atoms with Crippen molar-refractivity contribution in [3.63, 3.8) is 0 Å². The highest BCUT2D eigenvalue weighted by Gasteiger charge is 2.19. The van der Waals surface area contributed by atoms with Gasteiger partial charge in [0.1, 0.15) is 0 Å². The van der Waals surface area contributed by atoms with Crippen molar-refractivity contribution in [1.29, 1.82) is 0 Å². The molecule has 1 aromatic heterocycles. The molecule has 28 heavy (non-hydrogen) atoms. The van der Waals surface area contributed by atoms with Gasteiger partial charge < -0.3 is 10.2 Å². The largest absolute Gasteiger partial charge is 0.378 e. The number of hydrogen-bond acceptors (Lipinski definition) is 6. The first-order valence-corrected chi connectivity index (χ1v) is 9.84. The van der Waals surface area contributed by atoms with Crippen molar-refractivity contribution >= 4 is 29.0 Å². The van der Waals surface area contributed by atoms with Gasteiger partial charge in [0.2, 0.25) is 11.1 Å². The second-order valence-electron chi connectivity index (χ2n) is 6.83. The molecule has 7 nitrogen and oxygen atoms in total. The van der Waals surface area contributed by atoms with Crippen molar-refractivity contribution < 1.29 is 4.79 Å². The number of aromatic nitrogens is 4. The maximum atomic E-state index is 12.6. The first kappa shape index (κ1) is 19.9. The molecule has 0 aliphatic rings. The quantitative estimate of drug-likeness (QED) is 0.643. The number of tetrazole rings is 1. The summed E-state index contributed by atoms with van der Waals surface area (Å²) in [6, 6.07) is 13.8. The number of amides is 1. The van der Waals surface area contributed by atoms with Gasteiger partial charge in [0.15, 0.2) is 0 Å². The van der Waals surface area contributed by atoms with E-state index in [1.165, 1.54) is 17.3 Å². The van der Waals surface area contributed by atoms with Gasteiger partial charge in [-0.2, -0.15) is 4.68 Å². The zero-order chi connectivity index (χ0) is 20.3. The Kier molecular flexibility index (Phi) is 5.99. The van der Waals surface area contributed by atoms with E-state index in [0.717, 1.165) is 22.6 Å². The van der Waals surface area contributed by atoms with Crippen molar-refractivity contribution in [3.05, 3.63) is 53.6 Å². The fraction of sp³-hybridized carbons (Fsp3) is 0.300. The molecule has 146 valence electrons. The van der Waals surface area contributed by atoms with Crippen LogP contribution in [0.25, 0.3) is 5.69 Å². The highest BCUT2D eigenvalue weighted by molar-refractivity contribution is 8.00. The molecule has 1 atom stereocenters. The Hall–Kier alpha value is -2.87. The average molecular weight is 397 g/mol. The summed E-state index contributed by atoms with van der Waals surface area (Å²) in [4.78, 5) is 14.6. The molecular weight excluding hydrogens is 372 g/mol. The van der Waals surface area contributed by atoms with Gasteiger partial charge in [0, 0.05) is 25.5 Å². The van der Waals surface area contributed by atoms with Crippen molar-refractivity contribution in [3.8, 4) is 5.69 Å². The minimum atomic E-state index is -0.357. The third kappa shape index (κ3) is 4.51. The minimum absolute atomic E-state index is 0.0998. The molecule has 0 fully saturated rings. The molecular formula is C20H24N6OS. The van der Waals surface area contributed by atoms with Crippen LogP contribution in [0.3, 0.4) is 0 Å². The second-order valence-corrected chi connectivity index (χ2v) is 8.14. The summed E-state index contributed by atoms with van der Waals surface area (Å²) in [7, 11) is 3.96. The monoisotopic (exact) mass is 396 g/mol. The Bertz CT molecular complexity index is 967. The van der Waals surface area contributed by atoms with Crippen LogP contribution in [0.15, 0.2) is 47.6 Å². The fourth-order valence-electron chi connectivity index (χ4n) is 2.57. The summed E-state index contributed by atoms with van der Waals surface area (Å²) in [5.74, 6) is -0.0998. The summed E-state index contributed by atoms with van der Waals surface area (Å²) in [6.07, 6.45) is 0. The Labute approximate surface area is 169 Å². The van der Waals surface area contributed by atoms with Gasteiger partial charge in [-0.3, -0.25) is 4.79 Å². The van der Waals surface area contributed by atoms with E-state index in [2.05, 4.69) is 27.8 Å². The predicted octanol–water partition coefficient (Wildman–Crippen LogP) is 3.46. The highest BCUT2D eigenvalue weighted by Crippen LogP contribution is 2.25. The molecule has 2 aromatic carbocycles. The molecule has 0 aliphatic heterocycles. The number of hydrogen-bond donors (Lipinski definition) is 1. The van der Waals surface area contributed by atoms with Crippen molar-refractivity contribution in [2.45, 2.75) is 31.2 Å². The molecule has 0 saturated heterocycles. The summed E-state index contributed by atoms with van der Waals surface area (Å²) < 4.78 is 1.66. The van der Waals surface area contributed by atoms with Crippen LogP contribution in [-0.2, 0) is 4.79 Å². The number of carbonyl (C=O) groups is 1. The van der Waals surface area contributed by atoms with Crippen molar-refractivity contribution in [2.75, 3.05) is 24.3 Å². The van der Waals surface area contributed by atoms with E-state index in [1.807, 2.05) is 75.3 Å². The molecule has 0 saturated carbocycles. The van der Waals surface area contributed by atoms with Gasteiger partial charge in [-0.05, 0) is 78.7 Å². The first-order valence-electron chi connectivity index (χ1n) is 8.96. The topological polar surface area (TPSA) is 75.9 Å². The standard InChI is InChI=1S/C20H24N6OS/c1-13-6-9-18(12-14(13)2)26-20(22-23-24-26)28-15(3)19(27)21-16-7-10-17(11-8-16)25(4)5/h6-12,15H,1-5H3,(H,21,27). The van der Waals surface area contributed by atoms with Gasteiger partial charge in [0.25, 0.3) is 0 Å². The van der Waals surface area contributed by atoms with Crippen LogP contribution < -0.4 is 10.2 Å². The van der Waals surface area contributed by atoms with Gasteiger partial charge in [-0.1, -0.05) is 17.8 Å².